The second-order valence-corrected chi connectivity index (χ2v) is 7.13. The van der Waals surface area contributed by atoms with Gasteiger partial charge in [-0.1, -0.05) is 30.3 Å². The maximum Gasteiger partial charge on any atom is 0.340 e. The van der Waals surface area contributed by atoms with E-state index in [1.165, 1.54) is 5.56 Å². The fourth-order valence-electron chi connectivity index (χ4n) is 3.24. The van der Waals surface area contributed by atoms with Gasteiger partial charge in [-0.2, -0.15) is 0 Å². The first-order chi connectivity index (χ1) is 12.5. The van der Waals surface area contributed by atoms with Crippen LogP contribution in [0.5, 0.6) is 0 Å². The van der Waals surface area contributed by atoms with Crippen molar-refractivity contribution in [2.45, 2.75) is 46.2 Å². The third-order valence-corrected chi connectivity index (χ3v) is 5.03. The Balaban J connectivity index is 1.60. The van der Waals surface area contributed by atoms with Gasteiger partial charge >= 0.3 is 5.97 Å². The van der Waals surface area contributed by atoms with E-state index in [9.17, 15) is 9.59 Å². The summed E-state index contributed by atoms with van der Waals surface area (Å²) in [4.78, 5) is 24.3. The van der Waals surface area contributed by atoms with Gasteiger partial charge < -0.3 is 14.6 Å². The van der Waals surface area contributed by atoms with Crippen molar-refractivity contribution in [3.8, 4) is 0 Å². The quantitative estimate of drug-likeness (QED) is 0.777. The number of aromatic nitrogens is 1. The summed E-state index contributed by atoms with van der Waals surface area (Å²) < 4.78 is 7.31. The lowest BCUT2D eigenvalue weighted by molar-refractivity contribution is -0.124. The summed E-state index contributed by atoms with van der Waals surface area (Å²) in [7, 11) is 0. The molecule has 1 aliphatic carbocycles. The minimum atomic E-state index is -0.452. The Morgan fingerprint density at radius 1 is 1.23 bits per heavy atom. The topological polar surface area (TPSA) is 60.3 Å². The highest BCUT2D eigenvalue weighted by Gasteiger charge is 2.29. The Hall–Kier alpha value is -2.56. The molecule has 1 aromatic carbocycles. The first-order valence-electron chi connectivity index (χ1n) is 9.13. The zero-order chi connectivity index (χ0) is 18.7. The van der Waals surface area contributed by atoms with Crippen molar-refractivity contribution in [3.05, 3.63) is 58.9 Å². The molecule has 1 atom stereocenters. The van der Waals surface area contributed by atoms with Gasteiger partial charge in [0.15, 0.2) is 6.61 Å². The lowest BCUT2D eigenvalue weighted by Crippen LogP contribution is -2.37. The van der Waals surface area contributed by atoms with Crippen molar-refractivity contribution in [1.82, 2.24) is 9.88 Å². The first kappa shape index (κ1) is 18.2. The van der Waals surface area contributed by atoms with Crippen LogP contribution < -0.4 is 5.32 Å². The molecule has 138 valence electrons. The van der Waals surface area contributed by atoms with Crippen molar-refractivity contribution in [2.75, 3.05) is 6.61 Å². The first-order valence-corrected chi connectivity index (χ1v) is 9.13. The molecule has 1 N–H and O–H groups in total. The second kappa shape index (κ2) is 7.77. The van der Waals surface area contributed by atoms with E-state index in [1.807, 2.05) is 45.0 Å². The minimum absolute atomic E-state index is 0.150. The third-order valence-electron chi connectivity index (χ3n) is 5.03. The van der Waals surface area contributed by atoms with Gasteiger partial charge in [-0.15, -0.1) is 0 Å². The summed E-state index contributed by atoms with van der Waals surface area (Å²) in [5.74, 6) is -0.117. The number of ether oxygens (including phenoxy) is 1. The van der Waals surface area contributed by atoms with Crippen LogP contribution >= 0.6 is 0 Å². The molecule has 2 aromatic rings. The lowest BCUT2D eigenvalue weighted by Gasteiger charge is -2.13. The Morgan fingerprint density at radius 3 is 2.58 bits per heavy atom. The number of hydrogen-bond donors (Lipinski definition) is 1. The fourth-order valence-corrected chi connectivity index (χ4v) is 3.24. The van der Waals surface area contributed by atoms with Gasteiger partial charge in [0.1, 0.15) is 0 Å². The molecule has 0 saturated heterocycles. The monoisotopic (exact) mass is 354 g/mol. The van der Waals surface area contributed by atoms with Crippen LogP contribution in [0, 0.1) is 19.8 Å². The molecule has 0 aliphatic heterocycles. The molecular formula is C21H26N2O3. The molecule has 1 fully saturated rings. The molecule has 1 heterocycles. The van der Waals surface area contributed by atoms with Crippen LogP contribution in [0.4, 0.5) is 0 Å². The number of hydrogen-bond acceptors (Lipinski definition) is 3. The highest BCUT2D eigenvalue weighted by molar-refractivity contribution is 5.92. The SMILES string of the molecule is Cc1cc(C(=O)OCC(=O)N[C@H](C)C2CC2)c(C)n1Cc1ccccc1. The van der Waals surface area contributed by atoms with Gasteiger partial charge in [0.25, 0.3) is 5.91 Å². The van der Waals surface area contributed by atoms with Crippen LogP contribution in [0.3, 0.4) is 0 Å². The zero-order valence-electron chi connectivity index (χ0n) is 15.6. The van der Waals surface area contributed by atoms with Gasteiger partial charge in [0.2, 0.25) is 0 Å². The van der Waals surface area contributed by atoms with Crippen LogP contribution in [-0.4, -0.2) is 29.1 Å². The van der Waals surface area contributed by atoms with Crippen LogP contribution in [0.25, 0.3) is 0 Å². The Morgan fingerprint density at radius 2 is 1.92 bits per heavy atom. The van der Waals surface area contributed by atoms with Crippen LogP contribution in [0.15, 0.2) is 36.4 Å². The summed E-state index contributed by atoms with van der Waals surface area (Å²) in [6.07, 6.45) is 2.32. The van der Waals surface area contributed by atoms with Gasteiger partial charge in [0, 0.05) is 24.0 Å². The molecule has 1 aromatic heterocycles. The van der Waals surface area contributed by atoms with Gasteiger partial charge in [-0.3, -0.25) is 4.79 Å². The number of esters is 1. The van der Waals surface area contributed by atoms with Crippen LogP contribution in [0.1, 0.15) is 47.1 Å². The van der Waals surface area contributed by atoms with Crippen LogP contribution in [-0.2, 0) is 16.1 Å². The molecule has 3 rings (SSSR count). The Bertz CT molecular complexity index is 791. The van der Waals surface area contributed by atoms with E-state index in [0.717, 1.165) is 24.2 Å². The summed E-state index contributed by atoms with van der Waals surface area (Å²) >= 11 is 0. The molecule has 1 amide bonds. The number of carbonyl (C=O) groups is 2. The van der Waals surface area contributed by atoms with Crippen molar-refractivity contribution >= 4 is 11.9 Å². The number of aryl methyl sites for hydroxylation is 1. The smallest absolute Gasteiger partial charge is 0.340 e. The zero-order valence-corrected chi connectivity index (χ0v) is 15.6. The second-order valence-electron chi connectivity index (χ2n) is 7.13. The largest absolute Gasteiger partial charge is 0.452 e. The number of carbonyl (C=O) groups excluding carboxylic acids is 2. The average Bonchev–Trinajstić information content (AvgIpc) is 3.44. The molecule has 0 bridgehead atoms. The normalized spacial score (nSPS) is 14.7. The molecule has 0 spiro atoms. The molecule has 5 nitrogen and oxygen atoms in total. The molecular weight excluding hydrogens is 328 g/mol. The fraction of sp³-hybridized carbons (Fsp3) is 0.429. The predicted molar refractivity (Wildman–Crippen MR) is 100 cm³/mol. The number of nitrogens with one attached hydrogen (secondary N) is 1. The molecule has 0 unspecified atom stereocenters. The molecule has 1 aliphatic rings. The number of benzene rings is 1. The van der Waals surface area contributed by atoms with E-state index in [-0.39, 0.29) is 18.6 Å². The number of nitrogens with zero attached hydrogens (tertiary/aromatic N) is 1. The maximum absolute atomic E-state index is 12.4. The standard InChI is InChI=1S/C21H26N2O3/c1-14-11-19(16(3)23(14)12-17-7-5-4-6-8-17)21(25)26-13-20(24)22-15(2)18-9-10-18/h4-8,11,15,18H,9-10,12-13H2,1-3H3,(H,22,24)/t15-/m1/s1. The Labute approximate surface area is 154 Å². The summed E-state index contributed by atoms with van der Waals surface area (Å²) in [5.41, 5.74) is 3.53. The van der Waals surface area contributed by atoms with E-state index in [4.69, 9.17) is 4.74 Å². The third kappa shape index (κ3) is 4.34. The highest BCUT2D eigenvalue weighted by atomic mass is 16.5. The highest BCUT2D eigenvalue weighted by Crippen LogP contribution is 2.32. The van der Waals surface area contributed by atoms with Gasteiger partial charge in [-0.05, 0) is 51.2 Å². The molecule has 26 heavy (non-hydrogen) atoms. The summed E-state index contributed by atoms with van der Waals surface area (Å²) in [6, 6.07) is 12.1. The number of amides is 1. The number of rotatable bonds is 7. The summed E-state index contributed by atoms with van der Waals surface area (Å²) in [6.45, 7) is 6.33. The van der Waals surface area contributed by atoms with Crippen molar-refractivity contribution in [3.63, 3.8) is 0 Å². The lowest BCUT2D eigenvalue weighted by atomic mass is 10.2. The van der Waals surface area contributed by atoms with E-state index >= 15 is 0 Å². The Kier molecular flexibility index (Phi) is 5.45. The van der Waals surface area contributed by atoms with E-state index in [1.54, 1.807) is 0 Å². The van der Waals surface area contributed by atoms with E-state index in [0.29, 0.717) is 18.0 Å². The van der Waals surface area contributed by atoms with Gasteiger partial charge in [-0.25, -0.2) is 4.79 Å². The molecule has 0 radical (unpaired) electrons. The van der Waals surface area contributed by atoms with E-state index < -0.39 is 5.97 Å². The maximum atomic E-state index is 12.4. The molecule has 5 heteroatoms. The van der Waals surface area contributed by atoms with Crippen molar-refractivity contribution in [1.29, 1.82) is 0 Å². The van der Waals surface area contributed by atoms with Crippen LogP contribution in [0.2, 0.25) is 0 Å². The summed E-state index contributed by atoms with van der Waals surface area (Å²) in [5, 5.41) is 2.89. The average molecular weight is 354 g/mol. The van der Waals surface area contributed by atoms with Gasteiger partial charge in [0.05, 0.1) is 5.56 Å². The predicted octanol–water partition coefficient (Wildman–Crippen LogP) is 3.22. The minimum Gasteiger partial charge on any atom is -0.452 e. The van der Waals surface area contributed by atoms with Crippen molar-refractivity contribution < 1.29 is 14.3 Å². The van der Waals surface area contributed by atoms with Crippen molar-refractivity contribution in [2.24, 2.45) is 5.92 Å². The molecule has 1 saturated carbocycles. The van der Waals surface area contributed by atoms with E-state index in [2.05, 4.69) is 22.0 Å².